The summed E-state index contributed by atoms with van der Waals surface area (Å²) in [5, 5.41) is 4.06. The van der Waals surface area contributed by atoms with Crippen LogP contribution in [0.1, 0.15) is 0 Å². The van der Waals surface area contributed by atoms with Crippen LogP contribution in [0.25, 0.3) is 16.9 Å². The van der Waals surface area contributed by atoms with E-state index in [-0.39, 0.29) is 5.69 Å². The predicted octanol–water partition coefficient (Wildman–Crippen LogP) is 0.423. The molecule has 0 unspecified atom stereocenters. The highest BCUT2D eigenvalue weighted by molar-refractivity contribution is 5.61. The van der Waals surface area contributed by atoms with Crippen LogP contribution < -0.4 is 5.69 Å². The molecule has 3 rings (SSSR count). The summed E-state index contributed by atoms with van der Waals surface area (Å²) in [6.45, 7) is 0. The lowest BCUT2D eigenvalue weighted by atomic mass is 10.2. The van der Waals surface area contributed by atoms with E-state index in [2.05, 4.69) is 15.1 Å². The zero-order valence-electron chi connectivity index (χ0n) is 8.58. The van der Waals surface area contributed by atoms with Crippen LogP contribution in [-0.4, -0.2) is 24.1 Å². The highest BCUT2D eigenvalue weighted by Crippen LogP contribution is 2.14. The van der Waals surface area contributed by atoms with Crippen molar-refractivity contribution < 1.29 is 0 Å². The summed E-state index contributed by atoms with van der Waals surface area (Å²) in [5.41, 5.74) is 2.01. The number of rotatable bonds is 1. The molecule has 6 heteroatoms. The van der Waals surface area contributed by atoms with Crippen LogP contribution in [0, 0.1) is 0 Å². The SMILES string of the molecule is Cn1cc(-c2cc3nccn3c(=O)[nH]2)cn1. The van der Waals surface area contributed by atoms with E-state index in [9.17, 15) is 4.79 Å². The highest BCUT2D eigenvalue weighted by atomic mass is 16.1. The van der Waals surface area contributed by atoms with Crippen molar-refractivity contribution in [2.45, 2.75) is 0 Å². The number of aromatic nitrogens is 5. The van der Waals surface area contributed by atoms with Gasteiger partial charge in [-0.05, 0) is 0 Å². The van der Waals surface area contributed by atoms with Crippen molar-refractivity contribution in [2.75, 3.05) is 0 Å². The lowest BCUT2D eigenvalue weighted by Gasteiger charge is -1.98. The van der Waals surface area contributed by atoms with Crippen molar-refractivity contribution in [1.29, 1.82) is 0 Å². The number of nitrogens with one attached hydrogen (secondary N) is 1. The van der Waals surface area contributed by atoms with Gasteiger partial charge >= 0.3 is 5.69 Å². The van der Waals surface area contributed by atoms with Gasteiger partial charge in [0.2, 0.25) is 0 Å². The summed E-state index contributed by atoms with van der Waals surface area (Å²) in [6.07, 6.45) is 6.76. The van der Waals surface area contributed by atoms with Crippen LogP contribution in [0.15, 0.2) is 35.6 Å². The molecule has 0 amide bonds. The third kappa shape index (κ3) is 1.23. The minimum atomic E-state index is -0.200. The second-order valence-corrected chi connectivity index (χ2v) is 3.55. The molecule has 0 spiro atoms. The molecule has 1 N–H and O–H groups in total. The molecule has 6 nitrogen and oxygen atoms in total. The molecule has 0 saturated heterocycles. The molecule has 0 atom stereocenters. The Kier molecular flexibility index (Phi) is 1.70. The molecule has 0 fully saturated rings. The Morgan fingerprint density at radius 2 is 2.31 bits per heavy atom. The summed E-state index contributed by atoms with van der Waals surface area (Å²) in [4.78, 5) is 18.5. The van der Waals surface area contributed by atoms with Gasteiger partial charge in [0.15, 0.2) is 0 Å². The lowest BCUT2D eigenvalue weighted by molar-refractivity contribution is 0.768. The molecule has 0 bridgehead atoms. The van der Waals surface area contributed by atoms with E-state index in [4.69, 9.17) is 0 Å². The Balaban J connectivity index is 2.28. The average molecular weight is 215 g/mol. The normalized spacial score (nSPS) is 11.1. The van der Waals surface area contributed by atoms with E-state index in [0.29, 0.717) is 5.65 Å². The van der Waals surface area contributed by atoms with E-state index >= 15 is 0 Å². The molecule has 16 heavy (non-hydrogen) atoms. The maximum Gasteiger partial charge on any atom is 0.331 e. The Labute approximate surface area is 90.2 Å². The standard InChI is InChI=1S/C10H9N5O/c1-14-6-7(5-12-14)8-4-9-11-2-3-15(9)10(16)13-8/h2-6H,1H3,(H,13,16). The number of fused-ring (bicyclic) bond motifs is 1. The Bertz CT molecular complexity index is 705. The minimum Gasteiger partial charge on any atom is -0.306 e. The smallest absolute Gasteiger partial charge is 0.306 e. The largest absolute Gasteiger partial charge is 0.331 e. The molecule has 3 aromatic heterocycles. The molecular weight excluding hydrogens is 206 g/mol. The van der Waals surface area contributed by atoms with Crippen molar-refractivity contribution >= 4 is 5.65 Å². The van der Waals surface area contributed by atoms with Crippen molar-refractivity contribution in [3.05, 3.63) is 41.3 Å². The van der Waals surface area contributed by atoms with Crippen molar-refractivity contribution in [1.82, 2.24) is 24.1 Å². The summed E-state index contributed by atoms with van der Waals surface area (Å²) < 4.78 is 3.14. The molecule has 0 aliphatic carbocycles. The number of aryl methyl sites for hydroxylation is 1. The molecule has 3 aromatic rings. The Morgan fingerprint density at radius 3 is 3.06 bits per heavy atom. The van der Waals surface area contributed by atoms with Gasteiger partial charge in [-0.15, -0.1) is 0 Å². The topological polar surface area (TPSA) is 68.0 Å². The summed E-state index contributed by atoms with van der Waals surface area (Å²) in [7, 11) is 1.83. The summed E-state index contributed by atoms with van der Waals surface area (Å²) in [6, 6.07) is 1.82. The minimum absolute atomic E-state index is 0.200. The van der Waals surface area contributed by atoms with E-state index in [1.54, 1.807) is 23.3 Å². The summed E-state index contributed by atoms with van der Waals surface area (Å²) in [5.74, 6) is 0. The Hall–Kier alpha value is -2.37. The first-order chi connectivity index (χ1) is 7.74. The maximum atomic E-state index is 11.7. The van der Waals surface area contributed by atoms with Gasteiger partial charge < -0.3 is 4.98 Å². The van der Waals surface area contributed by atoms with E-state index in [1.807, 2.05) is 19.3 Å². The van der Waals surface area contributed by atoms with Crippen LogP contribution in [0.5, 0.6) is 0 Å². The van der Waals surface area contributed by atoms with Gasteiger partial charge in [-0.1, -0.05) is 0 Å². The van der Waals surface area contributed by atoms with Crippen molar-refractivity contribution in [3.8, 4) is 11.3 Å². The number of hydrogen-bond acceptors (Lipinski definition) is 3. The fourth-order valence-corrected chi connectivity index (χ4v) is 1.65. The monoisotopic (exact) mass is 215 g/mol. The molecule has 0 radical (unpaired) electrons. The van der Waals surface area contributed by atoms with Crippen LogP contribution in [0.3, 0.4) is 0 Å². The third-order valence-corrected chi connectivity index (χ3v) is 2.42. The maximum absolute atomic E-state index is 11.7. The zero-order chi connectivity index (χ0) is 11.1. The third-order valence-electron chi connectivity index (χ3n) is 2.42. The van der Waals surface area contributed by atoms with E-state index < -0.39 is 0 Å². The number of H-pyrrole nitrogens is 1. The first kappa shape index (κ1) is 8.90. The van der Waals surface area contributed by atoms with Gasteiger partial charge in [-0.2, -0.15) is 5.10 Å². The van der Waals surface area contributed by atoms with Gasteiger partial charge in [-0.25, -0.2) is 9.78 Å². The summed E-state index contributed by atoms with van der Waals surface area (Å²) >= 11 is 0. The Morgan fingerprint density at radius 1 is 1.44 bits per heavy atom. The second-order valence-electron chi connectivity index (χ2n) is 3.55. The van der Waals surface area contributed by atoms with E-state index in [1.165, 1.54) is 4.40 Å². The van der Waals surface area contributed by atoms with Crippen LogP contribution >= 0.6 is 0 Å². The fourth-order valence-electron chi connectivity index (χ4n) is 1.65. The van der Waals surface area contributed by atoms with Gasteiger partial charge in [-0.3, -0.25) is 9.08 Å². The number of imidazole rings is 1. The number of nitrogens with zero attached hydrogens (tertiary/aromatic N) is 4. The molecular formula is C10H9N5O. The zero-order valence-corrected chi connectivity index (χ0v) is 8.58. The van der Waals surface area contributed by atoms with Gasteiger partial charge in [0, 0.05) is 37.3 Å². The first-order valence-corrected chi connectivity index (χ1v) is 4.79. The molecule has 0 aromatic carbocycles. The fraction of sp³-hybridized carbons (Fsp3) is 0.100. The molecule has 80 valence electrons. The quantitative estimate of drug-likeness (QED) is 0.639. The van der Waals surface area contributed by atoms with Crippen LogP contribution in [0.2, 0.25) is 0 Å². The van der Waals surface area contributed by atoms with E-state index in [0.717, 1.165) is 11.3 Å². The molecule has 0 saturated carbocycles. The van der Waals surface area contributed by atoms with Crippen molar-refractivity contribution in [2.24, 2.45) is 7.05 Å². The van der Waals surface area contributed by atoms with Crippen LogP contribution in [0.4, 0.5) is 0 Å². The highest BCUT2D eigenvalue weighted by Gasteiger charge is 2.05. The number of hydrogen-bond donors (Lipinski definition) is 1. The average Bonchev–Trinajstić information content (AvgIpc) is 2.85. The molecule has 0 aliphatic rings. The van der Waals surface area contributed by atoms with Crippen LogP contribution in [-0.2, 0) is 7.05 Å². The van der Waals surface area contributed by atoms with Crippen molar-refractivity contribution in [3.63, 3.8) is 0 Å². The van der Waals surface area contributed by atoms with Gasteiger partial charge in [0.05, 0.1) is 11.9 Å². The predicted molar refractivity (Wildman–Crippen MR) is 58.0 cm³/mol. The van der Waals surface area contributed by atoms with Gasteiger partial charge in [0.25, 0.3) is 0 Å². The molecule has 0 aliphatic heterocycles. The van der Waals surface area contributed by atoms with Gasteiger partial charge in [0.1, 0.15) is 5.65 Å². The lowest BCUT2D eigenvalue weighted by Crippen LogP contribution is -2.15. The molecule has 3 heterocycles. The number of aromatic amines is 1. The second kappa shape index (κ2) is 3.06. The first-order valence-electron chi connectivity index (χ1n) is 4.79.